The maximum Gasteiger partial charge on any atom is 0.165 e. The summed E-state index contributed by atoms with van der Waals surface area (Å²) in [5.41, 5.74) is 2.47. The second-order valence-corrected chi connectivity index (χ2v) is 6.04. The molecule has 118 valence electrons. The fourth-order valence-corrected chi connectivity index (χ4v) is 2.99. The van der Waals surface area contributed by atoms with E-state index < -0.39 is 5.82 Å². The fourth-order valence-electron chi connectivity index (χ4n) is 2.16. The van der Waals surface area contributed by atoms with Gasteiger partial charge in [-0.1, -0.05) is 0 Å². The Hall–Kier alpha value is -2.47. The minimum atomic E-state index is -0.390. The topological polar surface area (TPSA) is 38.2 Å². The number of rotatable bonds is 4. The molecule has 1 aromatic carbocycles. The number of anilines is 1. The van der Waals surface area contributed by atoms with Crippen molar-refractivity contribution in [1.29, 1.82) is 0 Å². The molecule has 2 heterocycles. The molecular weight excluding hydrogens is 313 g/mol. The summed E-state index contributed by atoms with van der Waals surface area (Å²) in [6.45, 7) is 0. The summed E-state index contributed by atoms with van der Waals surface area (Å²) in [7, 11) is 5.34. The van der Waals surface area contributed by atoms with Gasteiger partial charge in [0.25, 0.3) is 0 Å². The van der Waals surface area contributed by atoms with Crippen molar-refractivity contribution in [2.75, 3.05) is 26.1 Å². The quantitative estimate of drug-likeness (QED) is 0.723. The number of hydrogen-bond donors (Lipinski definition) is 0. The van der Waals surface area contributed by atoms with Gasteiger partial charge in [0, 0.05) is 36.8 Å². The normalized spacial score (nSPS) is 10.6. The van der Waals surface area contributed by atoms with Gasteiger partial charge in [-0.15, -0.1) is 11.3 Å². The van der Waals surface area contributed by atoms with Crippen molar-refractivity contribution in [2.24, 2.45) is 0 Å². The van der Waals surface area contributed by atoms with Crippen molar-refractivity contribution in [3.05, 3.63) is 47.7 Å². The number of benzene rings is 1. The Balaban J connectivity index is 1.94. The van der Waals surface area contributed by atoms with E-state index >= 15 is 0 Å². The van der Waals surface area contributed by atoms with Crippen LogP contribution in [-0.4, -0.2) is 31.2 Å². The van der Waals surface area contributed by atoms with Crippen molar-refractivity contribution in [3.8, 4) is 27.6 Å². The van der Waals surface area contributed by atoms with E-state index in [-0.39, 0.29) is 5.75 Å². The van der Waals surface area contributed by atoms with Gasteiger partial charge in [0.15, 0.2) is 11.6 Å². The van der Waals surface area contributed by atoms with E-state index in [1.54, 1.807) is 18.3 Å². The van der Waals surface area contributed by atoms with E-state index in [1.165, 1.54) is 24.5 Å². The summed E-state index contributed by atoms with van der Waals surface area (Å²) in [5.74, 6) is 0.710. The third-order valence-corrected chi connectivity index (χ3v) is 4.29. The molecular formula is C17H16FN3OS. The molecule has 3 rings (SSSR count). The van der Waals surface area contributed by atoms with Gasteiger partial charge in [-0.2, -0.15) is 0 Å². The summed E-state index contributed by atoms with van der Waals surface area (Å²) in [6, 6.07) is 8.76. The third-order valence-electron chi connectivity index (χ3n) is 3.40. The number of halogens is 1. The van der Waals surface area contributed by atoms with Gasteiger partial charge in [0.2, 0.25) is 0 Å². The fraction of sp³-hybridized carbons (Fsp3) is 0.176. The standard InChI is InChI=1S/C17H16FN3OS/c1-21(2)16-9-12(6-7-19-16)17-20-14(10-23-17)11-4-5-15(22-3)13(18)8-11/h4-10H,1-3H3. The molecule has 0 bridgehead atoms. The predicted molar refractivity (Wildman–Crippen MR) is 91.6 cm³/mol. The van der Waals surface area contributed by atoms with E-state index in [9.17, 15) is 4.39 Å². The summed E-state index contributed by atoms with van der Waals surface area (Å²) in [4.78, 5) is 10.9. The summed E-state index contributed by atoms with van der Waals surface area (Å²) in [5, 5.41) is 2.80. The zero-order chi connectivity index (χ0) is 16.4. The first kappa shape index (κ1) is 15.4. The molecule has 23 heavy (non-hydrogen) atoms. The first-order valence-corrected chi connectivity index (χ1v) is 7.89. The van der Waals surface area contributed by atoms with Crippen LogP contribution in [0.15, 0.2) is 41.9 Å². The molecule has 0 aliphatic heterocycles. The summed E-state index contributed by atoms with van der Waals surface area (Å²) in [6.07, 6.45) is 1.76. The highest BCUT2D eigenvalue weighted by Gasteiger charge is 2.10. The highest BCUT2D eigenvalue weighted by atomic mass is 32.1. The first-order valence-electron chi connectivity index (χ1n) is 7.01. The van der Waals surface area contributed by atoms with Gasteiger partial charge < -0.3 is 9.64 Å². The predicted octanol–water partition coefficient (Wildman–Crippen LogP) is 4.09. The van der Waals surface area contributed by atoms with Crippen molar-refractivity contribution in [2.45, 2.75) is 0 Å². The largest absolute Gasteiger partial charge is 0.494 e. The van der Waals surface area contributed by atoms with Crippen LogP contribution in [0.4, 0.5) is 10.2 Å². The lowest BCUT2D eigenvalue weighted by molar-refractivity contribution is 0.386. The second kappa shape index (κ2) is 6.34. The molecule has 0 amide bonds. The van der Waals surface area contributed by atoms with Crippen molar-refractivity contribution < 1.29 is 9.13 Å². The number of aromatic nitrogens is 2. The molecule has 4 nitrogen and oxygen atoms in total. The molecule has 2 aromatic heterocycles. The Bertz CT molecular complexity index is 832. The third kappa shape index (κ3) is 3.17. The Labute approximate surface area is 138 Å². The number of pyridine rings is 1. The first-order chi connectivity index (χ1) is 11.1. The van der Waals surface area contributed by atoms with Crippen molar-refractivity contribution in [3.63, 3.8) is 0 Å². The van der Waals surface area contributed by atoms with E-state index in [0.717, 1.165) is 27.6 Å². The smallest absolute Gasteiger partial charge is 0.165 e. The zero-order valence-corrected chi connectivity index (χ0v) is 13.9. The Morgan fingerprint density at radius 1 is 1.13 bits per heavy atom. The molecule has 0 unspecified atom stereocenters. The lowest BCUT2D eigenvalue weighted by Crippen LogP contribution is -2.10. The maximum absolute atomic E-state index is 13.8. The molecule has 0 spiro atoms. The average Bonchev–Trinajstić information content (AvgIpc) is 3.05. The van der Waals surface area contributed by atoms with Crippen molar-refractivity contribution >= 4 is 17.2 Å². The van der Waals surface area contributed by atoms with Crippen LogP contribution in [0, 0.1) is 5.82 Å². The molecule has 0 atom stereocenters. The zero-order valence-electron chi connectivity index (χ0n) is 13.1. The number of methoxy groups -OCH3 is 1. The van der Waals surface area contributed by atoms with Crippen molar-refractivity contribution in [1.82, 2.24) is 9.97 Å². The van der Waals surface area contributed by atoms with Gasteiger partial charge in [0.1, 0.15) is 10.8 Å². The maximum atomic E-state index is 13.8. The molecule has 0 N–H and O–H groups in total. The van der Waals surface area contributed by atoms with Crippen LogP contribution in [0.25, 0.3) is 21.8 Å². The van der Waals surface area contributed by atoms with Gasteiger partial charge in [0.05, 0.1) is 12.8 Å². The van der Waals surface area contributed by atoms with Crippen LogP contribution in [0.1, 0.15) is 0 Å². The molecule has 0 fully saturated rings. The van der Waals surface area contributed by atoms with Gasteiger partial charge in [-0.25, -0.2) is 14.4 Å². The summed E-state index contributed by atoms with van der Waals surface area (Å²) < 4.78 is 18.8. The minimum absolute atomic E-state index is 0.231. The second-order valence-electron chi connectivity index (χ2n) is 5.18. The Morgan fingerprint density at radius 2 is 1.96 bits per heavy atom. The Kier molecular flexibility index (Phi) is 4.25. The van der Waals surface area contributed by atoms with Crippen LogP contribution in [-0.2, 0) is 0 Å². The molecule has 0 aliphatic carbocycles. The van der Waals surface area contributed by atoms with Crippen LogP contribution >= 0.6 is 11.3 Å². The molecule has 0 radical (unpaired) electrons. The molecule has 6 heteroatoms. The lowest BCUT2D eigenvalue weighted by Gasteiger charge is -2.11. The van der Waals surface area contributed by atoms with Gasteiger partial charge in [-0.3, -0.25) is 0 Å². The van der Waals surface area contributed by atoms with E-state index in [1.807, 2.05) is 36.5 Å². The van der Waals surface area contributed by atoms with Gasteiger partial charge >= 0.3 is 0 Å². The SMILES string of the molecule is COc1ccc(-c2csc(-c3ccnc(N(C)C)c3)n2)cc1F. The molecule has 0 aliphatic rings. The highest BCUT2D eigenvalue weighted by Crippen LogP contribution is 2.31. The van der Waals surface area contributed by atoms with Gasteiger partial charge in [-0.05, 0) is 30.3 Å². The van der Waals surface area contributed by atoms with E-state index in [2.05, 4.69) is 9.97 Å². The van der Waals surface area contributed by atoms with Crippen LogP contribution < -0.4 is 9.64 Å². The average molecular weight is 329 g/mol. The minimum Gasteiger partial charge on any atom is -0.494 e. The molecule has 3 aromatic rings. The number of nitrogens with zero attached hydrogens (tertiary/aromatic N) is 3. The lowest BCUT2D eigenvalue weighted by atomic mass is 10.1. The van der Waals surface area contributed by atoms with E-state index in [4.69, 9.17) is 4.74 Å². The van der Waals surface area contributed by atoms with E-state index in [0.29, 0.717) is 0 Å². The molecule has 0 saturated heterocycles. The highest BCUT2D eigenvalue weighted by molar-refractivity contribution is 7.13. The van der Waals surface area contributed by atoms with Crippen LogP contribution in [0.5, 0.6) is 5.75 Å². The number of hydrogen-bond acceptors (Lipinski definition) is 5. The monoisotopic (exact) mass is 329 g/mol. The molecule has 0 saturated carbocycles. The van der Waals surface area contributed by atoms with Crippen LogP contribution in [0.3, 0.4) is 0 Å². The van der Waals surface area contributed by atoms with Crippen LogP contribution in [0.2, 0.25) is 0 Å². The number of thiazole rings is 1. The summed E-state index contributed by atoms with van der Waals surface area (Å²) >= 11 is 1.52. The number of ether oxygens (including phenoxy) is 1. The Morgan fingerprint density at radius 3 is 2.65 bits per heavy atom.